The molecule has 2 aliphatic rings. The van der Waals surface area contributed by atoms with Gasteiger partial charge in [0, 0.05) is 23.9 Å². The van der Waals surface area contributed by atoms with Gasteiger partial charge in [-0.2, -0.15) is 4.31 Å². The number of imide groups is 1. The SMILES string of the molecule is CCOC(=O)NC(=O)c1c(NC(=O)c2ccc(S(=O)(=O)N3COCC3(C)C)cc2)sc2c1CCN(C(C)=O)C2. The van der Waals surface area contributed by atoms with Gasteiger partial charge in [0.15, 0.2) is 0 Å². The summed E-state index contributed by atoms with van der Waals surface area (Å²) in [6.07, 6.45) is -0.542. The highest BCUT2D eigenvalue weighted by Crippen LogP contribution is 2.37. The summed E-state index contributed by atoms with van der Waals surface area (Å²) in [6, 6.07) is 5.46. The summed E-state index contributed by atoms with van der Waals surface area (Å²) in [7, 11) is -3.85. The van der Waals surface area contributed by atoms with E-state index in [1.165, 1.54) is 35.5 Å². The molecule has 39 heavy (non-hydrogen) atoms. The van der Waals surface area contributed by atoms with E-state index in [2.05, 4.69) is 10.6 Å². The number of benzene rings is 1. The Balaban J connectivity index is 1.59. The van der Waals surface area contributed by atoms with Crippen LogP contribution in [0.15, 0.2) is 29.2 Å². The third kappa shape index (κ3) is 5.83. The molecule has 0 unspecified atom stereocenters. The Morgan fingerprint density at radius 1 is 1.13 bits per heavy atom. The largest absolute Gasteiger partial charge is 0.450 e. The first kappa shape index (κ1) is 28.7. The topological polar surface area (TPSA) is 151 Å². The summed E-state index contributed by atoms with van der Waals surface area (Å²) in [5.41, 5.74) is 0.243. The van der Waals surface area contributed by atoms with Gasteiger partial charge in [0.1, 0.15) is 11.7 Å². The molecule has 1 aromatic heterocycles. The van der Waals surface area contributed by atoms with Crippen LogP contribution in [-0.2, 0) is 37.3 Å². The number of rotatable bonds is 6. The number of hydrogen-bond acceptors (Lipinski definition) is 9. The van der Waals surface area contributed by atoms with Crippen molar-refractivity contribution in [1.29, 1.82) is 0 Å². The smallest absolute Gasteiger partial charge is 0.414 e. The van der Waals surface area contributed by atoms with Crippen molar-refractivity contribution < 1.29 is 37.1 Å². The summed E-state index contributed by atoms with van der Waals surface area (Å²) < 4.78 is 37.6. The van der Waals surface area contributed by atoms with E-state index in [-0.39, 0.29) is 53.4 Å². The molecule has 14 heteroatoms. The van der Waals surface area contributed by atoms with Crippen molar-refractivity contribution in [3.05, 3.63) is 45.8 Å². The fraction of sp³-hybridized carbons (Fsp3) is 0.440. The first-order valence-electron chi connectivity index (χ1n) is 12.2. The molecule has 2 N–H and O–H groups in total. The number of sulfonamides is 1. The fourth-order valence-corrected chi connectivity index (χ4v) is 7.33. The van der Waals surface area contributed by atoms with Gasteiger partial charge in [0.05, 0.1) is 35.8 Å². The molecule has 0 atom stereocenters. The van der Waals surface area contributed by atoms with Crippen LogP contribution in [-0.4, -0.2) is 73.5 Å². The second-order valence-corrected chi connectivity index (χ2v) is 12.7. The average molecular weight is 579 g/mol. The van der Waals surface area contributed by atoms with Crippen LogP contribution in [0.4, 0.5) is 9.80 Å². The monoisotopic (exact) mass is 578 g/mol. The summed E-state index contributed by atoms with van der Waals surface area (Å²) in [5.74, 6) is -1.42. The van der Waals surface area contributed by atoms with Crippen LogP contribution >= 0.6 is 11.3 Å². The molecule has 2 aromatic rings. The van der Waals surface area contributed by atoms with Crippen molar-refractivity contribution in [3.8, 4) is 0 Å². The molecular weight excluding hydrogens is 548 g/mol. The standard InChI is InChI=1S/C25H30N4O8S2/c1-5-37-24(33)27-22(32)20-18-10-11-28(15(2)30)12-19(18)38-23(20)26-21(31)16-6-8-17(9-7-16)39(34,35)29-14-36-13-25(29,3)4/h6-9H,5,10-14H2,1-4H3,(H,26,31)(H,27,32,33). The molecule has 1 fully saturated rings. The third-order valence-corrected chi connectivity index (χ3v) is 9.67. The van der Waals surface area contributed by atoms with E-state index in [1.807, 2.05) is 0 Å². The first-order valence-corrected chi connectivity index (χ1v) is 14.5. The van der Waals surface area contributed by atoms with E-state index in [0.29, 0.717) is 18.5 Å². The fourth-order valence-electron chi connectivity index (χ4n) is 4.42. The number of ether oxygens (including phenoxy) is 2. The van der Waals surface area contributed by atoms with E-state index >= 15 is 0 Å². The van der Waals surface area contributed by atoms with Crippen molar-refractivity contribution in [1.82, 2.24) is 14.5 Å². The molecule has 4 rings (SSSR count). The molecule has 0 aliphatic carbocycles. The van der Waals surface area contributed by atoms with Gasteiger partial charge in [0.2, 0.25) is 15.9 Å². The maximum Gasteiger partial charge on any atom is 0.414 e. The average Bonchev–Trinajstić information content (AvgIpc) is 3.42. The van der Waals surface area contributed by atoms with Crippen molar-refractivity contribution in [3.63, 3.8) is 0 Å². The van der Waals surface area contributed by atoms with Crippen LogP contribution in [0.5, 0.6) is 0 Å². The number of carbonyl (C=O) groups excluding carboxylic acids is 4. The number of nitrogens with zero attached hydrogens (tertiary/aromatic N) is 2. The minimum atomic E-state index is -3.85. The second-order valence-electron chi connectivity index (χ2n) is 9.70. The molecular formula is C25H30N4O8S2. The van der Waals surface area contributed by atoms with Gasteiger partial charge < -0.3 is 19.7 Å². The maximum atomic E-state index is 13.1. The van der Waals surface area contributed by atoms with Crippen molar-refractivity contribution in [2.75, 3.05) is 31.8 Å². The van der Waals surface area contributed by atoms with Crippen molar-refractivity contribution in [2.24, 2.45) is 0 Å². The highest BCUT2D eigenvalue weighted by Gasteiger charge is 2.42. The molecule has 3 heterocycles. The van der Waals surface area contributed by atoms with Gasteiger partial charge in [-0.3, -0.25) is 19.7 Å². The number of nitrogens with one attached hydrogen (secondary N) is 2. The van der Waals surface area contributed by atoms with Gasteiger partial charge in [-0.05, 0) is 57.0 Å². The van der Waals surface area contributed by atoms with Crippen LogP contribution in [0.2, 0.25) is 0 Å². The molecule has 210 valence electrons. The third-order valence-electron chi connectivity index (χ3n) is 6.49. The second kappa shape index (κ2) is 11.0. The molecule has 0 bridgehead atoms. The van der Waals surface area contributed by atoms with Gasteiger partial charge in [0.25, 0.3) is 11.8 Å². The number of anilines is 1. The number of fused-ring (bicyclic) bond motifs is 1. The Hall–Kier alpha value is -3.33. The Bertz CT molecular complexity index is 1420. The Morgan fingerprint density at radius 2 is 1.82 bits per heavy atom. The summed E-state index contributed by atoms with van der Waals surface area (Å²) >= 11 is 1.14. The molecule has 0 saturated carbocycles. The molecule has 0 radical (unpaired) electrons. The first-order chi connectivity index (χ1) is 18.3. The minimum Gasteiger partial charge on any atom is -0.450 e. The van der Waals surface area contributed by atoms with Crippen molar-refractivity contribution in [2.45, 2.75) is 51.1 Å². The summed E-state index contributed by atoms with van der Waals surface area (Å²) in [5, 5.41) is 5.11. The van der Waals surface area contributed by atoms with Crippen LogP contribution in [0.3, 0.4) is 0 Å². The van der Waals surface area contributed by atoms with Gasteiger partial charge in [-0.15, -0.1) is 11.3 Å². The van der Waals surface area contributed by atoms with Gasteiger partial charge in [-0.1, -0.05) is 0 Å². The number of hydrogen-bond donors (Lipinski definition) is 2. The van der Waals surface area contributed by atoms with E-state index in [1.54, 1.807) is 25.7 Å². The lowest BCUT2D eigenvalue weighted by atomic mass is 10.0. The number of carbonyl (C=O) groups is 4. The van der Waals surface area contributed by atoms with E-state index in [4.69, 9.17) is 9.47 Å². The Labute approximate surface area is 230 Å². The van der Waals surface area contributed by atoms with Crippen LogP contribution in [0.25, 0.3) is 0 Å². The zero-order valence-electron chi connectivity index (χ0n) is 22.0. The van der Waals surface area contributed by atoms with E-state index in [9.17, 15) is 27.6 Å². The Kier molecular flexibility index (Phi) is 8.12. The minimum absolute atomic E-state index is 0.0167. The molecule has 12 nitrogen and oxygen atoms in total. The molecule has 1 saturated heterocycles. The highest BCUT2D eigenvalue weighted by molar-refractivity contribution is 7.89. The van der Waals surface area contributed by atoms with Crippen LogP contribution in [0, 0.1) is 0 Å². The van der Waals surface area contributed by atoms with E-state index in [0.717, 1.165) is 16.2 Å². The molecule has 1 aromatic carbocycles. The Morgan fingerprint density at radius 3 is 2.41 bits per heavy atom. The quantitative estimate of drug-likeness (QED) is 0.531. The lowest BCUT2D eigenvalue weighted by molar-refractivity contribution is -0.129. The zero-order chi connectivity index (χ0) is 28.5. The van der Waals surface area contributed by atoms with Crippen LogP contribution in [0.1, 0.15) is 58.9 Å². The zero-order valence-corrected chi connectivity index (χ0v) is 23.7. The summed E-state index contributed by atoms with van der Waals surface area (Å²) in [6.45, 7) is 7.55. The lowest BCUT2D eigenvalue weighted by Gasteiger charge is -2.28. The van der Waals surface area contributed by atoms with Crippen molar-refractivity contribution >= 4 is 50.2 Å². The van der Waals surface area contributed by atoms with Gasteiger partial charge in [-0.25, -0.2) is 13.2 Å². The maximum absolute atomic E-state index is 13.1. The predicted octanol–water partition coefficient (Wildman–Crippen LogP) is 2.55. The normalized spacial score (nSPS) is 16.9. The van der Waals surface area contributed by atoms with E-state index < -0.39 is 33.5 Å². The number of alkyl carbamates (subject to hydrolysis) is 1. The van der Waals surface area contributed by atoms with Gasteiger partial charge >= 0.3 is 6.09 Å². The number of thiophene rings is 1. The summed E-state index contributed by atoms with van der Waals surface area (Å²) in [4.78, 5) is 52.4. The van der Waals surface area contributed by atoms with Crippen LogP contribution < -0.4 is 10.6 Å². The lowest BCUT2D eigenvalue weighted by Crippen LogP contribution is -2.44. The molecule has 2 aliphatic heterocycles. The highest BCUT2D eigenvalue weighted by atomic mass is 32.2. The molecule has 0 spiro atoms. The molecule has 4 amide bonds. The predicted molar refractivity (Wildman–Crippen MR) is 142 cm³/mol. The number of amides is 4.